The fourth-order valence-electron chi connectivity index (χ4n) is 3.86. The molecule has 3 fully saturated rings. The van der Waals surface area contributed by atoms with E-state index < -0.39 is 0 Å². The van der Waals surface area contributed by atoms with E-state index in [-0.39, 0.29) is 5.91 Å². The van der Waals surface area contributed by atoms with Crippen LogP contribution >= 0.6 is 0 Å². The number of ether oxygens (including phenoxy) is 1. The Hall–Kier alpha value is -0.610. The fourth-order valence-corrected chi connectivity index (χ4v) is 3.86. The summed E-state index contributed by atoms with van der Waals surface area (Å²) in [5.74, 6) is 0.957. The van der Waals surface area contributed by atoms with Crippen molar-refractivity contribution in [1.82, 2.24) is 9.80 Å². The summed E-state index contributed by atoms with van der Waals surface area (Å²) in [6, 6.07) is 1.03. The molecule has 4 nitrogen and oxygen atoms in total. The number of hydrogen-bond acceptors (Lipinski definition) is 3. The first kappa shape index (κ1) is 14.3. The van der Waals surface area contributed by atoms with Crippen molar-refractivity contribution in [2.24, 2.45) is 5.92 Å². The minimum atomic E-state index is 0.219. The smallest absolute Gasteiger partial charge is 0.248 e. The summed E-state index contributed by atoms with van der Waals surface area (Å²) in [6.07, 6.45) is 7.45. The molecule has 0 spiro atoms. The summed E-state index contributed by atoms with van der Waals surface area (Å²) >= 11 is 0. The predicted octanol–water partition coefficient (Wildman–Crippen LogP) is 1.89. The number of amides is 1. The molecule has 0 aromatic carbocycles. The summed E-state index contributed by atoms with van der Waals surface area (Å²) < 4.78 is 5.59. The van der Waals surface area contributed by atoms with E-state index in [0.29, 0.717) is 18.7 Å². The van der Waals surface area contributed by atoms with Crippen LogP contribution in [0.3, 0.4) is 0 Å². The molecule has 1 aliphatic carbocycles. The van der Waals surface area contributed by atoms with E-state index in [1.54, 1.807) is 0 Å². The molecule has 2 saturated heterocycles. The number of carbonyl (C=O) groups excluding carboxylic acids is 1. The van der Waals surface area contributed by atoms with Crippen LogP contribution in [-0.4, -0.2) is 60.6 Å². The van der Waals surface area contributed by atoms with Gasteiger partial charge in [-0.15, -0.1) is 0 Å². The van der Waals surface area contributed by atoms with Gasteiger partial charge in [-0.1, -0.05) is 6.92 Å². The molecule has 20 heavy (non-hydrogen) atoms. The first-order chi connectivity index (χ1) is 9.79. The van der Waals surface area contributed by atoms with Crippen molar-refractivity contribution in [3.8, 4) is 0 Å². The summed E-state index contributed by atoms with van der Waals surface area (Å²) in [6.45, 7) is 6.57. The number of nitrogens with zero attached hydrogens (tertiary/aromatic N) is 2. The highest BCUT2D eigenvalue weighted by atomic mass is 16.5. The Bertz CT molecular complexity index is 343. The molecular weight excluding hydrogens is 252 g/mol. The van der Waals surface area contributed by atoms with E-state index in [2.05, 4.69) is 16.7 Å². The molecule has 0 unspecified atom stereocenters. The van der Waals surface area contributed by atoms with Crippen molar-refractivity contribution in [2.75, 3.05) is 32.8 Å². The van der Waals surface area contributed by atoms with Crippen molar-refractivity contribution in [2.45, 2.75) is 57.5 Å². The molecule has 2 atom stereocenters. The van der Waals surface area contributed by atoms with Gasteiger partial charge in [0, 0.05) is 18.6 Å². The second-order valence-electron chi connectivity index (χ2n) is 6.59. The van der Waals surface area contributed by atoms with Gasteiger partial charge in [-0.3, -0.25) is 9.69 Å². The normalized spacial score (nSPS) is 31.1. The highest BCUT2D eigenvalue weighted by Crippen LogP contribution is 2.30. The molecule has 3 aliphatic rings. The van der Waals surface area contributed by atoms with Crippen LogP contribution in [0.1, 0.15) is 45.4 Å². The predicted molar refractivity (Wildman–Crippen MR) is 78.5 cm³/mol. The van der Waals surface area contributed by atoms with Crippen LogP contribution in [0.25, 0.3) is 0 Å². The number of hydrogen-bond donors (Lipinski definition) is 0. The van der Waals surface area contributed by atoms with Crippen LogP contribution in [0.15, 0.2) is 0 Å². The van der Waals surface area contributed by atoms with Crippen molar-refractivity contribution >= 4 is 5.91 Å². The molecule has 0 bridgehead atoms. The third kappa shape index (κ3) is 3.17. The zero-order chi connectivity index (χ0) is 13.9. The summed E-state index contributed by atoms with van der Waals surface area (Å²) in [5.41, 5.74) is 0. The van der Waals surface area contributed by atoms with Crippen molar-refractivity contribution < 1.29 is 9.53 Å². The number of rotatable bonds is 6. The Morgan fingerprint density at radius 2 is 1.85 bits per heavy atom. The van der Waals surface area contributed by atoms with Gasteiger partial charge in [0.25, 0.3) is 0 Å². The molecule has 114 valence electrons. The quantitative estimate of drug-likeness (QED) is 0.745. The molecule has 2 aliphatic heterocycles. The van der Waals surface area contributed by atoms with Crippen molar-refractivity contribution in [3.63, 3.8) is 0 Å². The SMILES string of the molecule is CCN1CCC[C@H]1[C@@H]1CCCN1C(=O)COCC1CC1. The second-order valence-corrected chi connectivity index (χ2v) is 6.59. The molecule has 4 heteroatoms. The summed E-state index contributed by atoms with van der Waals surface area (Å²) in [7, 11) is 0. The van der Waals surface area contributed by atoms with Gasteiger partial charge in [0.15, 0.2) is 0 Å². The lowest BCUT2D eigenvalue weighted by Gasteiger charge is -2.34. The van der Waals surface area contributed by atoms with Crippen LogP contribution in [0.5, 0.6) is 0 Å². The van der Waals surface area contributed by atoms with E-state index >= 15 is 0 Å². The molecule has 1 saturated carbocycles. The van der Waals surface area contributed by atoms with E-state index in [4.69, 9.17) is 4.74 Å². The molecule has 2 heterocycles. The number of carbonyl (C=O) groups is 1. The van der Waals surface area contributed by atoms with Gasteiger partial charge in [0.1, 0.15) is 6.61 Å². The average molecular weight is 280 g/mol. The lowest BCUT2D eigenvalue weighted by Crippen LogP contribution is -2.49. The van der Waals surface area contributed by atoms with Gasteiger partial charge in [-0.2, -0.15) is 0 Å². The number of likely N-dealkylation sites (N-methyl/N-ethyl adjacent to an activating group) is 1. The highest BCUT2D eigenvalue weighted by molar-refractivity contribution is 5.78. The minimum Gasteiger partial charge on any atom is -0.371 e. The molecule has 1 amide bonds. The highest BCUT2D eigenvalue weighted by Gasteiger charge is 2.39. The van der Waals surface area contributed by atoms with E-state index in [0.717, 1.165) is 32.0 Å². The van der Waals surface area contributed by atoms with Gasteiger partial charge < -0.3 is 9.64 Å². The van der Waals surface area contributed by atoms with E-state index in [1.165, 1.54) is 38.6 Å². The maximum atomic E-state index is 12.4. The monoisotopic (exact) mass is 280 g/mol. The van der Waals surface area contributed by atoms with Crippen LogP contribution in [-0.2, 0) is 9.53 Å². The lowest BCUT2D eigenvalue weighted by molar-refractivity contribution is -0.138. The first-order valence-corrected chi connectivity index (χ1v) is 8.41. The topological polar surface area (TPSA) is 32.8 Å². The summed E-state index contributed by atoms with van der Waals surface area (Å²) in [5, 5.41) is 0. The van der Waals surface area contributed by atoms with Gasteiger partial charge >= 0.3 is 0 Å². The third-order valence-corrected chi connectivity index (χ3v) is 5.16. The van der Waals surface area contributed by atoms with Crippen LogP contribution in [0, 0.1) is 5.92 Å². The maximum absolute atomic E-state index is 12.4. The second kappa shape index (κ2) is 6.44. The standard InChI is InChI=1S/C16H28N2O2/c1-2-17-9-3-5-14(17)15-6-4-10-18(15)16(19)12-20-11-13-7-8-13/h13-15H,2-12H2,1H3/t14-,15-/m0/s1. The van der Waals surface area contributed by atoms with E-state index in [1.807, 2.05) is 0 Å². The van der Waals surface area contributed by atoms with Crippen LogP contribution in [0.4, 0.5) is 0 Å². The molecule has 0 N–H and O–H groups in total. The van der Waals surface area contributed by atoms with E-state index in [9.17, 15) is 4.79 Å². The van der Waals surface area contributed by atoms with Gasteiger partial charge in [0.2, 0.25) is 5.91 Å². The molecule has 0 radical (unpaired) electrons. The average Bonchev–Trinajstić information content (AvgIpc) is 2.98. The fraction of sp³-hybridized carbons (Fsp3) is 0.938. The minimum absolute atomic E-state index is 0.219. The largest absolute Gasteiger partial charge is 0.371 e. The van der Waals surface area contributed by atoms with Crippen LogP contribution < -0.4 is 0 Å². The Morgan fingerprint density at radius 3 is 2.60 bits per heavy atom. The van der Waals surface area contributed by atoms with Gasteiger partial charge in [-0.05, 0) is 57.5 Å². The van der Waals surface area contributed by atoms with Crippen molar-refractivity contribution in [3.05, 3.63) is 0 Å². The molecule has 0 aromatic rings. The van der Waals surface area contributed by atoms with Gasteiger partial charge in [0.05, 0.1) is 6.61 Å². The Balaban J connectivity index is 1.52. The zero-order valence-corrected chi connectivity index (χ0v) is 12.7. The maximum Gasteiger partial charge on any atom is 0.248 e. The molecule has 3 rings (SSSR count). The third-order valence-electron chi connectivity index (χ3n) is 5.16. The Labute approximate surface area is 122 Å². The Morgan fingerprint density at radius 1 is 1.10 bits per heavy atom. The molecular formula is C16H28N2O2. The number of likely N-dealkylation sites (tertiary alicyclic amines) is 2. The van der Waals surface area contributed by atoms with Gasteiger partial charge in [-0.25, -0.2) is 0 Å². The van der Waals surface area contributed by atoms with Crippen molar-refractivity contribution in [1.29, 1.82) is 0 Å². The Kier molecular flexibility index (Phi) is 4.61. The lowest BCUT2D eigenvalue weighted by atomic mass is 10.0. The first-order valence-electron chi connectivity index (χ1n) is 8.41. The van der Waals surface area contributed by atoms with Crippen LogP contribution in [0.2, 0.25) is 0 Å². The molecule has 0 aromatic heterocycles. The zero-order valence-electron chi connectivity index (χ0n) is 12.7. The summed E-state index contributed by atoms with van der Waals surface area (Å²) in [4.78, 5) is 17.1.